The van der Waals surface area contributed by atoms with Crippen molar-refractivity contribution in [2.45, 2.75) is 12.8 Å². The van der Waals surface area contributed by atoms with E-state index in [0.717, 1.165) is 4.90 Å². The Morgan fingerprint density at radius 1 is 1.05 bits per heavy atom. The van der Waals surface area contributed by atoms with Crippen LogP contribution in [0.4, 0.5) is 23.2 Å². The number of hydrogen-bond donors (Lipinski definition) is 1. The van der Waals surface area contributed by atoms with E-state index in [2.05, 4.69) is 15.9 Å². The topological polar surface area (TPSA) is 40.5 Å². The molecule has 1 aliphatic heterocycles. The largest absolute Gasteiger partial charge is 0.481 e. The van der Waals surface area contributed by atoms with Crippen LogP contribution in [0.3, 0.4) is 0 Å². The normalized spacial score (nSPS) is 16.6. The molecule has 1 fully saturated rings. The van der Waals surface area contributed by atoms with Gasteiger partial charge in [-0.25, -0.2) is 17.6 Å². The predicted molar refractivity (Wildman–Crippen MR) is 66.5 cm³/mol. The van der Waals surface area contributed by atoms with Crippen molar-refractivity contribution >= 4 is 27.6 Å². The van der Waals surface area contributed by atoms with Crippen molar-refractivity contribution in [2.24, 2.45) is 5.92 Å². The van der Waals surface area contributed by atoms with Gasteiger partial charge in [-0.15, -0.1) is 0 Å². The van der Waals surface area contributed by atoms with Gasteiger partial charge in [0.05, 0.1) is 10.4 Å². The first-order valence-corrected chi connectivity index (χ1v) is 6.63. The highest BCUT2D eigenvalue weighted by Gasteiger charge is 2.31. The number of rotatable bonds is 2. The molecule has 0 atom stereocenters. The number of anilines is 1. The second-order valence-electron chi connectivity index (χ2n) is 4.52. The standard InChI is InChI=1S/C12H10BrF4NO2/c13-6-7(14)9(16)11(10(17)8(6)15)18-3-1-5(2-4-18)12(19)20/h5H,1-4H2,(H,19,20). The smallest absolute Gasteiger partial charge is 0.306 e. The average molecular weight is 356 g/mol. The van der Waals surface area contributed by atoms with Crippen molar-refractivity contribution in [3.63, 3.8) is 0 Å². The molecule has 0 aliphatic carbocycles. The summed E-state index contributed by atoms with van der Waals surface area (Å²) >= 11 is 2.44. The molecule has 0 amide bonds. The van der Waals surface area contributed by atoms with E-state index in [1.54, 1.807) is 0 Å². The number of benzene rings is 1. The molecule has 20 heavy (non-hydrogen) atoms. The first-order chi connectivity index (χ1) is 9.34. The van der Waals surface area contributed by atoms with Crippen LogP contribution in [0.2, 0.25) is 0 Å². The van der Waals surface area contributed by atoms with Gasteiger partial charge >= 0.3 is 5.97 Å². The third-order valence-corrected chi connectivity index (χ3v) is 4.04. The highest BCUT2D eigenvalue weighted by atomic mass is 79.9. The SMILES string of the molecule is O=C(O)C1CCN(c2c(F)c(F)c(Br)c(F)c2F)CC1. The summed E-state index contributed by atoms with van der Waals surface area (Å²) in [5, 5.41) is 8.84. The molecule has 1 aliphatic rings. The third kappa shape index (κ3) is 2.48. The minimum Gasteiger partial charge on any atom is -0.481 e. The Kier molecular flexibility index (Phi) is 4.22. The van der Waals surface area contributed by atoms with Crippen LogP contribution in [0, 0.1) is 29.2 Å². The van der Waals surface area contributed by atoms with Gasteiger partial charge in [0.25, 0.3) is 0 Å². The number of halogens is 5. The van der Waals surface area contributed by atoms with Gasteiger partial charge in [0.2, 0.25) is 0 Å². The van der Waals surface area contributed by atoms with Gasteiger partial charge in [-0.1, -0.05) is 0 Å². The van der Waals surface area contributed by atoms with Crippen LogP contribution in [0.25, 0.3) is 0 Å². The van der Waals surface area contributed by atoms with E-state index >= 15 is 0 Å². The molecule has 8 heteroatoms. The summed E-state index contributed by atoms with van der Waals surface area (Å²) in [5.74, 6) is -7.56. The zero-order valence-corrected chi connectivity index (χ0v) is 11.7. The molecule has 1 saturated heterocycles. The molecule has 0 radical (unpaired) electrons. The fourth-order valence-corrected chi connectivity index (χ4v) is 2.57. The summed E-state index contributed by atoms with van der Waals surface area (Å²) in [6, 6.07) is 0. The molecular formula is C12H10BrF4NO2. The van der Waals surface area contributed by atoms with Crippen molar-refractivity contribution in [1.82, 2.24) is 0 Å². The lowest BCUT2D eigenvalue weighted by Gasteiger charge is -2.32. The van der Waals surface area contributed by atoms with Crippen LogP contribution in [-0.4, -0.2) is 24.2 Å². The summed E-state index contributed by atoms with van der Waals surface area (Å²) in [6.45, 7) is 0.0383. The molecule has 1 heterocycles. The monoisotopic (exact) mass is 355 g/mol. The summed E-state index contributed by atoms with van der Waals surface area (Å²) < 4.78 is 53.5. The Morgan fingerprint density at radius 2 is 1.50 bits per heavy atom. The van der Waals surface area contributed by atoms with E-state index in [9.17, 15) is 22.4 Å². The van der Waals surface area contributed by atoms with Crippen molar-refractivity contribution < 1.29 is 27.5 Å². The quantitative estimate of drug-likeness (QED) is 0.502. The molecule has 0 bridgehead atoms. The number of carboxylic acid groups (broad SMARTS) is 1. The molecule has 1 N–H and O–H groups in total. The van der Waals surface area contributed by atoms with Gasteiger partial charge in [0.15, 0.2) is 23.3 Å². The van der Waals surface area contributed by atoms with Crippen LogP contribution in [0.15, 0.2) is 4.47 Å². The molecule has 0 spiro atoms. The molecule has 3 nitrogen and oxygen atoms in total. The molecule has 110 valence electrons. The van der Waals surface area contributed by atoms with Crippen molar-refractivity contribution in [3.8, 4) is 0 Å². The van der Waals surface area contributed by atoms with Gasteiger partial charge in [0, 0.05) is 13.1 Å². The number of carboxylic acids is 1. The van der Waals surface area contributed by atoms with Crippen LogP contribution in [0.1, 0.15) is 12.8 Å². The molecule has 1 aromatic carbocycles. The maximum absolute atomic E-state index is 13.8. The fourth-order valence-electron chi connectivity index (χ4n) is 2.22. The first-order valence-electron chi connectivity index (χ1n) is 5.83. The van der Waals surface area contributed by atoms with Crippen molar-refractivity contribution in [1.29, 1.82) is 0 Å². The number of aliphatic carboxylic acids is 1. The van der Waals surface area contributed by atoms with E-state index < -0.39 is 45.3 Å². The highest BCUT2D eigenvalue weighted by Crippen LogP contribution is 2.35. The Bertz CT molecular complexity index is 530. The molecule has 0 aromatic heterocycles. The third-order valence-electron chi connectivity index (χ3n) is 3.35. The van der Waals surface area contributed by atoms with Gasteiger partial charge < -0.3 is 10.0 Å². The van der Waals surface area contributed by atoms with Gasteiger partial charge in [-0.3, -0.25) is 4.79 Å². The number of hydrogen-bond acceptors (Lipinski definition) is 2. The molecule has 2 rings (SSSR count). The van der Waals surface area contributed by atoms with Crippen LogP contribution >= 0.6 is 15.9 Å². The van der Waals surface area contributed by atoms with Gasteiger partial charge in [0.1, 0.15) is 5.69 Å². The molecule has 1 aromatic rings. The maximum atomic E-state index is 13.8. The van der Waals surface area contributed by atoms with Crippen molar-refractivity contribution in [2.75, 3.05) is 18.0 Å². The number of piperidine rings is 1. The minimum atomic E-state index is -1.50. The molecular weight excluding hydrogens is 346 g/mol. The Morgan fingerprint density at radius 3 is 1.90 bits per heavy atom. The first kappa shape index (κ1) is 15.1. The Balaban J connectivity index is 2.33. The zero-order valence-electron chi connectivity index (χ0n) is 10.1. The summed E-state index contributed by atoms with van der Waals surface area (Å²) in [6.07, 6.45) is 0.320. The van der Waals surface area contributed by atoms with E-state index in [1.165, 1.54) is 0 Å². The minimum absolute atomic E-state index is 0.0192. The number of carbonyl (C=O) groups is 1. The van der Waals surface area contributed by atoms with Crippen molar-refractivity contribution in [3.05, 3.63) is 27.7 Å². The van der Waals surface area contributed by atoms with E-state index in [0.29, 0.717) is 0 Å². The lowest BCUT2D eigenvalue weighted by atomic mass is 9.96. The van der Waals surface area contributed by atoms with Gasteiger partial charge in [-0.2, -0.15) is 0 Å². The number of nitrogens with zero attached hydrogens (tertiary/aromatic N) is 1. The van der Waals surface area contributed by atoms with Crippen LogP contribution in [-0.2, 0) is 4.79 Å². The zero-order chi connectivity index (χ0) is 15.0. The fraction of sp³-hybridized carbons (Fsp3) is 0.417. The second-order valence-corrected chi connectivity index (χ2v) is 5.31. The average Bonchev–Trinajstić information content (AvgIpc) is 2.44. The maximum Gasteiger partial charge on any atom is 0.306 e. The second kappa shape index (κ2) is 5.59. The summed E-state index contributed by atoms with van der Waals surface area (Å²) in [7, 11) is 0. The lowest BCUT2D eigenvalue weighted by Crippen LogP contribution is -2.37. The van der Waals surface area contributed by atoms with E-state index in [-0.39, 0.29) is 25.9 Å². The highest BCUT2D eigenvalue weighted by molar-refractivity contribution is 9.10. The summed E-state index contributed by atoms with van der Waals surface area (Å²) in [4.78, 5) is 11.9. The molecule has 0 saturated carbocycles. The van der Waals surface area contributed by atoms with Gasteiger partial charge in [-0.05, 0) is 28.8 Å². The van der Waals surface area contributed by atoms with Crippen LogP contribution < -0.4 is 4.90 Å². The predicted octanol–water partition coefficient (Wildman–Crippen LogP) is 3.31. The molecule has 0 unspecified atom stereocenters. The Hall–Kier alpha value is -1.31. The summed E-state index contributed by atoms with van der Waals surface area (Å²) in [5.41, 5.74) is -0.785. The Labute approximate surface area is 120 Å². The van der Waals surface area contributed by atoms with E-state index in [4.69, 9.17) is 5.11 Å². The lowest BCUT2D eigenvalue weighted by molar-refractivity contribution is -0.142. The van der Waals surface area contributed by atoms with Crippen LogP contribution in [0.5, 0.6) is 0 Å². The van der Waals surface area contributed by atoms with E-state index in [1.807, 2.05) is 0 Å².